The van der Waals surface area contributed by atoms with Gasteiger partial charge in [0, 0.05) is 17.0 Å². The third-order valence-corrected chi connectivity index (χ3v) is 3.22. The average Bonchev–Trinajstić information content (AvgIpc) is 2.53. The SMILES string of the molecule is OB(O)c1cnc2ccc(OCc3ccccc3)cc2c1. The van der Waals surface area contributed by atoms with Gasteiger partial charge >= 0.3 is 7.12 Å². The molecule has 2 aromatic carbocycles. The van der Waals surface area contributed by atoms with Crippen molar-refractivity contribution >= 4 is 23.5 Å². The summed E-state index contributed by atoms with van der Waals surface area (Å²) in [6, 6.07) is 17.2. The van der Waals surface area contributed by atoms with Gasteiger partial charge in [-0.2, -0.15) is 0 Å². The maximum Gasteiger partial charge on any atom is 0.490 e. The Morgan fingerprint density at radius 2 is 1.81 bits per heavy atom. The van der Waals surface area contributed by atoms with Gasteiger partial charge in [-0.15, -0.1) is 0 Å². The highest BCUT2D eigenvalue weighted by Gasteiger charge is 2.12. The van der Waals surface area contributed by atoms with Crippen molar-refractivity contribution < 1.29 is 14.8 Å². The minimum Gasteiger partial charge on any atom is -0.489 e. The molecule has 0 aliphatic carbocycles. The Labute approximate surface area is 122 Å². The summed E-state index contributed by atoms with van der Waals surface area (Å²) in [5.41, 5.74) is 2.24. The highest BCUT2D eigenvalue weighted by atomic mass is 16.5. The van der Waals surface area contributed by atoms with Crippen molar-refractivity contribution in [3.05, 3.63) is 66.4 Å². The molecule has 0 amide bonds. The number of pyridine rings is 1. The van der Waals surface area contributed by atoms with Gasteiger partial charge in [0.1, 0.15) is 12.4 Å². The highest BCUT2D eigenvalue weighted by Crippen LogP contribution is 2.19. The van der Waals surface area contributed by atoms with E-state index in [0.717, 1.165) is 22.2 Å². The number of aromatic nitrogens is 1. The van der Waals surface area contributed by atoms with Crippen LogP contribution in [0.3, 0.4) is 0 Å². The van der Waals surface area contributed by atoms with Crippen molar-refractivity contribution in [1.82, 2.24) is 4.98 Å². The van der Waals surface area contributed by atoms with E-state index >= 15 is 0 Å². The quantitative estimate of drug-likeness (QED) is 0.710. The largest absolute Gasteiger partial charge is 0.490 e. The third-order valence-electron chi connectivity index (χ3n) is 3.22. The Bertz CT molecular complexity index is 747. The lowest BCUT2D eigenvalue weighted by Gasteiger charge is -2.08. The molecule has 0 saturated heterocycles. The first-order valence-electron chi connectivity index (χ1n) is 6.65. The van der Waals surface area contributed by atoms with Crippen LogP contribution in [-0.2, 0) is 6.61 Å². The summed E-state index contributed by atoms with van der Waals surface area (Å²) in [6.45, 7) is 0.488. The normalized spacial score (nSPS) is 10.6. The summed E-state index contributed by atoms with van der Waals surface area (Å²) in [5.74, 6) is 0.720. The Morgan fingerprint density at radius 3 is 2.57 bits per heavy atom. The van der Waals surface area contributed by atoms with E-state index in [2.05, 4.69) is 4.98 Å². The fraction of sp³-hybridized carbons (Fsp3) is 0.0625. The molecule has 2 N–H and O–H groups in total. The van der Waals surface area contributed by atoms with Crippen molar-refractivity contribution in [1.29, 1.82) is 0 Å². The number of ether oxygens (including phenoxy) is 1. The molecule has 0 unspecified atom stereocenters. The molecular formula is C16H14BNO3. The van der Waals surface area contributed by atoms with Crippen molar-refractivity contribution in [3.63, 3.8) is 0 Å². The molecule has 0 saturated carbocycles. The minimum absolute atomic E-state index is 0.364. The predicted molar refractivity (Wildman–Crippen MR) is 82.3 cm³/mol. The Morgan fingerprint density at radius 1 is 1.00 bits per heavy atom. The van der Waals surface area contributed by atoms with Crippen LogP contribution in [0.2, 0.25) is 0 Å². The van der Waals surface area contributed by atoms with Crippen LogP contribution in [0.25, 0.3) is 10.9 Å². The number of rotatable bonds is 4. The number of hydrogen-bond donors (Lipinski definition) is 2. The van der Waals surface area contributed by atoms with Gasteiger partial charge in [-0.05, 0) is 23.8 Å². The van der Waals surface area contributed by atoms with Crippen molar-refractivity contribution in [2.24, 2.45) is 0 Å². The molecule has 0 radical (unpaired) electrons. The molecule has 0 atom stereocenters. The van der Waals surface area contributed by atoms with Crippen LogP contribution < -0.4 is 10.2 Å². The summed E-state index contributed by atoms with van der Waals surface area (Å²) in [7, 11) is -1.52. The summed E-state index contributed by atoms with van der Waals surface area (Å²) in [4.78, 5) is 4.19. The third kappa shape index (κ3) is 3.21. The van der Waals surface area contributed by atoms with E-state index in [1.807, 2.05) is 48.5 Å². The van der Waals surface area contributed by atoms with Crippen molar-refractivity contribution in [3.8, 4) is 5.75 Å². The molecule has 0 fully saturated rings. The molecule has 0 aliphatic rings. The van der Waals surface area contributed by atoms with Crippen LogP contribution >= 0.6 is 0 Å². The van der Waals surface area contributed by atoms with Gasteiger partial charge in [0.25, 0.3) is 0 Å². The zero-order valence-electron chi connectivity index (χ0n) is 11.3. The second-order valence-electron chi connectivity index (χ2n) is 4.77. The fourth-order valence-electron chi connectivity index (χ4n) is 2.10. The van der Waals surface area contributed by atoms with Crippen molar-refractivity contribution in [2.75, 3.05) is 0 Å². The summed E-state index contributed by atoms with van der Waals surface area (Å²) in [6.07, 6.45) is 1.46. The Kier molecular flexibility index (Phi) is 3.86. The maximum absolute atomic E-state index is 9.19. The first kappa shape index (κ1) is 13.6. The standard InChI is InChI=1S/C16H14BNO3/c19-17(20)14-8-13-9-15(6-7-16(13)18-10-14)21-11-12-4-2-1-3-5-12/h1-10,19-20H,11H2. The molecule has 4 nitrogen and oxygen atoms in total. The lowest BCUT2D eigenvalue weighted by atomic mass is 9.81. The summed E-state index contributed by atoms with van der Waals surface area (Å²) in [5, 5.41) is 19.2. The molecule has 104 valence electrons. The second-order valence-corrected chi connectivity index (χ2v) is 4.77. The molecular weight excluding hydrogens is 265 g/mol. The summed E-state index contributed by atoms with van der Waals surface area (Å²) < 4.78 is 5.75. The molecule has 3 rings (SSSR count). The number of hydrogen-bond acceptors (Lipinski definition) is 4. The van der Waals surface area contributed by atoms with Gasteiger partial charge in [-0.3, -0.25) is 4.98 Å². The van der Waals surface area contributed by atoms with Gasteiger partial charge in [0.15, 0.2) is 0 Å². The van der Waals surface area contributed by atoms with E-state index in [1.165, 1.54) is 6.20 Å². The smallest absolute Gasteiger partial charge is 0.489 e. The number of nitrogens with zero attached hydrogens (tertiary/aromatic N) is 1. The molecule has 3 aromatic rings. The lowest BCUT2D eigenvalue weighted by molar-refractivity contribution is 0.306. The minimum atomic E-state index is -1.52. The first-order chi connectivity index (χ1) is 10.2. The monoisotopic (exact) mass is 279 g/mol. The number of fused-ring (bicyclic) bond motifs is 1. The number of benzene rings is 2. The zero-order chi connectivity index (χ0) is 14.7. The molecule has 1 aromatic heterocycles. The fourth-order valence-corrected chi connectivity index (χ4v) is 2.10. The Balaban J connectivity index is 1.82. The van der Waals surface area contributed by atoms with Gasteiger partial charge in [0.05, 0.1) is 5.52 Å². The molecule has 0 spiro atoms. The first-order valence-corrected chi connectivity index (χ1v) is 6.65. The van der Waals surface area contributed by atoms with Crippen LogP contribution in [0.15, 0.2) is 60.8 Å². The van der Waals surface area contributed by atoms with E-state index in [1.54, 1.807) is 6.07 Å². The molecule has 5 heteroatoms. The zero-order valence-corrected chi connectivity index (χ0v) is 11.3. The molecule has 0 aliphatic heterocycles. The van der Waals surface area contributed by atoms with Crippen LogP contribution in [0, 0.1) is 0 Å². The van der Waals surface area contributed by atoms with E-state index in [-0.39, 0.29) is 0 Å². The molecule has 21 heavy (non-hydrogen) atoms. The predicted octanol–water partition coefficient (Wildman–Crippen LogP) is 1.49. The molecule has 0 bridgehead atoms. The van der Waals surface area contributed by atoms with Crippen LogP contribution in [0.1, 0.15) is 5.56 Å². The topological polar surface area (TPSA) is 62.6 Å². The molecule has 1 heterocycles. The van der Waals surface area contributed by atoms with Gasteiger partial charge < -0.3 is 14.8 Å². The van der Waals surface area contributed by atoms with E-state index < -0.39 is 7.12 Å². The van der Waals surface area contributed by atoms with Gasteiger partial charge in [-0.1, -0.05) is 36.4 Å². The Hall–Kier alpha value is -2.37. The van der Waals surface area contributed by atoms with E-state index in [9.17, 15) is 10.0 Å². The second kappa shape index (κ2) is 5.95. The van der Waals surface area contributed by atoms with Crippen LogP contribution in [0.4, 0.5) is 0 Å². The average molecular weight is 279 g/mol. The van der Waals surface area contributed by atoms with Crippen LogP contribution in [-0.4, -0.2) is 22.2 Å². The highest BCUT2D eigenvalue weighted by molar-refractivity contribution is 6.58. The lowest BCUT2D eigenvalue weighted by Crippen LogP contribution is -2.29. The van der Waals surface area contributed by atoms with E-state index in [4.69, 9.17) is 4.74 Å². The van der Waals surface area contributed by atoms with E-state index in [0.29, 0.717) is 12.1 Å². The van der Waals surface area contributed by atoms with Gasteiger partial charge in [0.2, 0.25) is 0 Å². The maximum atomic E-state index is 9.19. The van der Waals surface area contributed by atoms with Gasteiger partial charge in [-0.25, -0.2) is 0 Å². The van der Waals surface area contributed by atoms with Crippen molar-refractivity contribution in [2.45, 2.75) is 6.61 Å². The summed E-state index contributed by atoms with van der Waals surface area (Å²) >= 11 is 0. The van der Waals surface area contributed by atoms with Crippen LogP contribution in [0.5, 0.6) is 5.75 Å².